The van der Waals surface area contributed by atoms with Gasteiger partial charge in [0, 0.05) is 0 Å². The summed E-state index contributed by atoms with van der Waals surface area (Å²) in [5.41, 5.74) is 0. The maximum atomic E-state index is 9.63. The highest BCUT2D eigenvalue weighted by Gasteiger charge is 2.17. The summed E-state index contributed by atoms with van der Waals surface area (Å²) in [6, 6.07) is 29.7. The smallest absolute Gasteiger partial charge is 0.115 e. The fraction of sp³-hybridized carbons (Fsp3) is 0. The third-order valence-electron chi connectivity index (χ3n) is 4.21. The van der Waals surface area contributed by atoms with Gasteiger partial charge in [0.2, 0.25) is 0 Å². The van der Waals surface area contributed by atoms with Crippen LogP contribution in [0, 0.1) is 0 Å². The van der Waals surface area contributed by atoms with Crippen LogP contribution in [-0.4, -0.2) is 10.2 Å². The highest BCUT2D eigenvalue weighted by molar-refractivity contribution is 7.79. The molecule has 4 aromatic rings. The van der Waals surface area contributed by atoms with Gasteiger partial charge in [0.1, 0.15) is 11.5 Å². The van der Waals surface area contributed by atoms with Gasteiger partial charge in [-0.05, 0) is 64.9 Å². The Morgan fingerprint density at radius 1 is 0.480 bits per heavy atom. The average Bonchev–Trinajstić information content (AvgIpc) is 2.65. The van der Waals surface area contributed by atoms with E-state index in [9.17, 15) is 10.2 Å². The molecule has 0 saturated heterocycles. The van der Waals surface area contributed by atoms with Crippen LogP contribution in [0.2, 0.25) is 0 Å². The third-order valence-corrected chi connectivity index (χ3v) is 6.63. The lowest BCUT2D eigenvalue weighted by Crippen LogP contribution is -2.20. The molecule has 0 aromatic heterocycles. The van der Waals surface area contributed by atoms with Crippen molar-refractivity contribution in [2.45, 2.75) is 0 Å². The predicted molar refractivity (Wildman–Crippen MR) is 106 cm³/mol. The standard InChI is InChI=1S/C22H17O2P/c23-18-6-11-20(12-7-18)25(21-13-8-19(24)9-14-21)22-10-5-16-3-1-2-4-17(16)15-22/h1-15,23-24H. The highest BCUT2D eigenvalue weighted by Crippen LogP contribution is 2.34. The largest absolute Gasteiger partial charge is 0.508 e. The lowest BCUT2D eigenvalue weighted by atomic mass is 10.1. The summed E-state index contributed by atoms with van der Waals surface area (Å²) in [7, 11) is -0.766. The van der Waals surface area contributed by atoms with E-state index in [2.05, 4.69) is 36.4 Å². The Morgan fingerprint density at radius 2 is 0.960 bits per heavy atom. The molecule has 0 bridgehead atoms. The summed E-state index contributed by atoms with van der Waals surface area (Å²) in [6.07, 6.45) is 0. The summed E-state index contributed by atoms with van der Waals surface area (Å²) < 4.78 is 0. The first-order valence-corrected chi connectivity index (χ1v) is 9.42. The first-order valence-electron chi connectivity index (χ1n) is 8.08. The average molecular weight is 344 g/mol. The molecule has 0 saturated carbocycles. The fourth-order valence-electron chi connectivity index (χ4n) is 2.97. The monoisotopic (exact) mass is 344 g/mol. The summed E-state index contributed by atoms with van der Waals surface area (Å²) in [6.45, 7) is 0. The van der Waals surface area contributed by atoms with E-state index in [4.69, 9.17) is 0 Å². The van der Waals surface area contributed by atoms with Gasteiger partial charge < -0.3 is 10.2 Å². The fourth-order valence-corrected chi connectivity index (χ4v) is 5.25. The Bertz CT molecular complexity index is 963. The summed E-state index contributed by atoms with van der Waals surface area (Å²) in [4.78, 5) is 0. The maximum Gasteiger partial charge on any atom is 0.115 e. The molecule has 2 N–H and O–H groups in total. The van der Waals surface area contributed by atoms with Gasteiger partial charge in [-0.3, -0.25) is 0 Å². The molecule has 0 aliphatic rings. The van der Waals surface area contributed by atoms with Gasteiger partial charge in [-0.2, -0.15) is 0 Å². The normalized spacial score (nSPS) is 11.1. The van der Waals surface area contributed by atoms with Crippen molar-refractivity contribution in [1.29, 1.82) is 0 Å². The quantitative estimate of drug-likeness (QED) is 0.551. The predicted octanol–water partition coefficient (Wildman–Crippen LogP) is 4.01. The molecule has 2 nitrogen and oxygen atoms in total. The summed E-state index contributed by atoms with van der Waals surface area (Å²) >= 11 is 0. The maximum absolute atomic E-state index is 9.63. The van der Waals surface area contributed by atoms with Crippen molar-refractivity contribution < 1.29 is 10.2 Å². The molecule has 0 aliphatic carbocycles. The van der Waals surface area contributed by atoms with Crippen molar-refractivity contribution in [3.8, 4) is 11.5 Å². The lowest BCUT2D eigenvalue weighted by molar-refractivity contribution is 0.475. The Morgan fingerprint density at radius 3 is 1.52 bits per heavy atom. The number of fused-ring (bicyclic) bond motifs is 1. The van der Waals surface area contributed by atoms with Crippen LogP contribution in [-0.2, 0) is 0 Å². The van der Waals surface area contributed by atoms with E-state index >= 15 is 0 Å². The van der Waals surface area contributed by atoms with Crippen LogP contribution in [0.5, 0.6) is 11.5 Å². The molecule has 3 heteroatoms. The van der Waals surface area contributed by atoms with Crippen LogP contribution >= 0.6 is 7.92 Å². The van der Waals surface area contributed by atoms with E-state index in [1.54, 1.807) is 24.3 Å². The third kappa shape index (κ3) is 3.22. The van der Waals surface area contributed by atoms with Gasteiger partial charge >= 0.3 is 0 Å². The van der Waals surface area contributed by atoms with Crippen LogP contribution in [0.15, 0.2) is 91.0 Å². The van der Waals surface area contributed by atoms with Crippen molar-refractivity contribution in [3.63, 3.8) is 0 Å². The van der Waals surface area contributed by atoms with Gasteiger partial charge in [-0.15, -0.1) is 0 Å². The molecule has 0 amide bonds. The second kappa shape index (κ2) is 6.58. The summed E-state index contributed by atoms with van der Waals surface area (Å²) in [5, 5.41) is 25.3. The van der Waals surface area contributed by atoms with Crippen LogP contribution in [0.1, 0.15) is 0 Å². The number of hydrogen-bond donors (Lipinski definition) is 2. The van der Waals surface area contributed by atoms with Gasteiger partial charge in [-0.25, -0.2) is 0 Å². The van der Waals surface area contributed by atoms with Gasteiger partial charge in [0.15, 0.2) is 0 Å². The van der Waals surface area contributed by atoms with E-state index in [1.165, 1.54) is 16.1 Å². The van der Waals surface area contributed by atoms with Crippen molar-refractivity contribution >= 4 is 34.6 Å². The molecule has 0 fully saturated rings. The van der Waals surface area contributed by atoms with Crippen LogP contribution in [0.4, 0.5) is 0 Å². The molecule has 0 spiro atoms. The molecule has 25 heavy (non-hydrogen) atoms. The van der Waals surface area contributed by atoms with Crippen molar-refractivity contribution in [1.82, 2.24) is 0 Å². The number of rotatable bonds is 3. The molecule has 0 heterocycles. The summed E-state index contributed by atoms with van der Waals surface area (Å²) in [5.74, 6) is 0.533. The molecular weight excluding hydrogens is 327 g/mol. The zero-order valence-electron chi connectivity index (χ0n) is 13.5. The molecule has 122 valence electrons. The molecule has 0 atom stereocenters. The molecule has 4 aromatic carbocycles. The van der Waals surface area contributed by atoms with E-state index in [0.29, 0.717) is 0 Å². The molecule has 0 radical (unpaired) electrons. The Kier molecular flexibility index (Phi) is 4.13. The van der Waals surface area contributed by atoms with Crippen LogP contribution < -0.4 is 15.9 Å². The van der Waals surface area contributed by atoms with E-state index in [-0.39, 0.29) is 11.5 Å². The minimum Gasteiger partial charge on any atom is -0.508 e. The topological polar surface area (TPSA) is 40.5 Å². The van der Waals surface area contributed by atoms with E-state index in [1.807, 2.05) is 30.3 Å². The SMILES string of the molecule is Oc1ccc(P(c2ccc(O)cc2)c2ccc3ccccc3c2)cc1. The Labute approximate surface area is 147 Å². The molecule has 4 rings (SSSR count). The first kappa shape index (κ1) is 15.7. The number of hydrogen-bond acceptors (Lipinski definition) is 2. The van der Waals surface area contributed by atoms with E-state index < -0.39 is 7.92 Å². The minimum atomic E-state index is -0.766. The minimum absolute atomic E-state index is 0.267. The second-order valence-electron chi connectivity index (χ2n) is 5.90. The van der Waals surface area contributed by atoms with E-state index in [0.717, 1.165) is 10.6 Å². The second-order valence-corrected chi connectivity index (χ2v) is 8.12. The number of benzene rings is 4. The Balaban J connectivity index is 1.88. The zero-order chi connectivity index (χ0) is 17.2. The zero-order valence-corrected chi connectivity index (χ0v) is 14.4. The van der Waals surface area contributed by atoms with Crippen molar-refractivity contribution in [2.75, 3.05) is 0 Å². The van der Waals surface area contributed by atoms with Gasteiger partial charge in [-0.1, -0.05) is 60.7 Å². The van der Waals surface area contributed by atoms with Gasteiger partial charge in [0.25, 0.3) is 0 Å². The molecule has 0 unspecified atom stereocenters. The Hall–Kier alpha value is -2.83. The van der Waals surface area contributed by atoms with Crippen LogP contribution in [0.25, 0.3) is 10.8 Å². The van der Waals surface area contributed by atoms with Gasteiger partial charge in [0.05, 0.1) is 0 Å². The van der Waals surface area contributed by atoms with Crippen molar-refractivity contribution in [2.24, 2.45) is 0 Å². The number of aromatic hydroxyl groups is 2. The van der Waals surface area contributed by atoms with Crippen LogP contribution in [0.3, 0.4) is 0 Å². The lowest BCUT2D eigenvalue weighted by Gasteiger charge is -2.20. The number of phenols is 2. The van der Waals surface area contributed by atoms with Crippen molar-refractivity contribution in [3.05, 3.63) is 91.0 Å². The number of phenolic OH excluding ortho intramolecular Hbond substituents is 2. The first-order chi connectivity index (χ1) is 12.2. The molecule has 0 aliphatic heterocycles. The molecular formula is C22H17O2P. The highest BCUT2D eigenvalue weighted by atomic mass is 31.1.